The first kappa shape index (κ1) is 20.5. The van der Waals surface area contributed by atoms with Gasteiger partial charge in [0.15, 0.2) is 6.29 Å². The Morgan fingerprint density at radius 2 is 1.62 bits per heavy atom. The Labute approximate surface area is 153 Å². The standard InChI is InChI=1S/C19H26O7/c20-18(16-6-2-1-3-7-16)19(21)26-15-13-23-11-10-22-12-14-25-17-8-4-5-9-24-17/h1-3,6-7,17H,4-5,8-15H2. The van der Waals surface area contributed by atoms with Gasteiger partial charge in [-0.25, -0.2) is 4.79 Å². The van der Waals surface area contributed by atoms with Gasteiger partial charge in [0.1, 0.15) is 6.61 Å². The second kappa shape index (κ2) is 12.5. The first-order valence-corrected chi connectivity index (χ1v) is 8.92. The van der Waals surface area contributed by atoms with Crippen molar-refractivity contribution in [2.45, 2.75) is 25.6 Å². The number of hydrogen-bond acceptors (Lipinski definition) is 7. The van der Waals surface area contributed by atoms with Crippen molar-refractivity contribution >= 4 is 11.8 Å². The van der Waals surface area contributed by atoms with Crippen LogP contribution in [-0.4, -0.2) is 64.3 Å². The van der Waals surface area contributed by atoms with Crippen LogP contribution in [0.25, 0.3) is 0 Å². The number of ether oxygens (including phenoxy) is 5. The molecule has 0 bridgehead atoms. The molecule has 7 nitrogen and oxygen atoms in total. The molecule has 1 fully saturated rings. The lowest BCUT2D eigenvalue weighted by Gasteiger charge is -2.22. The average molecular weight is 366 g/mol. The number of hydrogen-bond donors (Lipinski definition) is 0. The molecule has 2 rings (SSSR count). The molecule has 0 N–H and O–H groups in total. The van der Waals surface area contributed by atoms with E-state index in [0.717, 1.165) is 25.9 Å². The Kier molecular flexibility index (Phi) is 9.89. The summed E-state index contributed by atoms with van der Waals surface area (Å²) in [4.78, 5) is 23.4. The van der Waals surface area contributed by atoms with Gasteiger partial charge in [-0.2, -0.15) is 0 Å². The van der Waals surface area contributed by atoms with Crippen LogP contribution < -0.4 is 0 Å². The molecule has 1 aliphatic heterocycles. The highest BCUT2D eigenvalue weighted by atomic mass is 16.7. The number of benzene rings is 1. The van der Waals surface area contributed by atoms with E-state index in [9.17, 15) is 9.59 Å². The maximum atomic E-state index is 11.8. The van der Waals surface area contributed by atoms with Crippen LogP contribution in [0.5, 0.6) is 0 Å². The van der Waals surface area contributed by atoms with Crippen LogP contribution in [0.2, 0.25) is 0 Å². The summed E-state index contributed by atoms with van der Waals surface area (Å²) in [5.74, 6) is -1.53. The summed E-state index contributed by atoms with van der Waals surface area (Å²) in [6.07, 6.45) is 3.08. The Hall–Kier alpha value is -1.80. The van der Waals surface area contributed by atoms with Gasteiger partial charge in [-0.15, -0.1) is 0 Å². The van der Waals surface area contributed by atoms with Crippen LogP contribution in [0, 0.1) is 0 Å². The summed E-state index contributed by atoms with van der Waals surface area (Å²) in [6, 6.07) is 8.30. The number of Topliss-reactive ketones (excluding diaryl/α,β-unsaturated/α-hetero) is 1. The van der Waals surface area contributed by atoms with Gasteiger partial charge in [0, 0.05) is 12.2 Å². The highest BCUT2D eigenvalue weighted by molar-refractivity contribution is 6.40. The Balaban J connectivity index is 1.40. The molecule has 1 unspecified atom stereocenters. The van der Waals surface area contributed by atoms with Crippen molar-refractivity contribution < 1.29 is 33.3 Å². The predicted molar refractivity (Wildman–Crippen MR) is 92.9 cm³/mol. The van der Waals surface area contributed by atoms with Crippen molar-refractivity contribution in [2.24, 2.45) is 0 Å². The third-order valence-corrected chi connectivity index (χ3v) is 3.72. The van der Waals surface area contributed by atoms with Crippen LogP contribution in [0.1, 0.15) is 29.6 Å². The van der Waals surface area contributed by atoms with Gasteiger partial charge < -0.3 is 23.7 Å². The molecule has 26 heavy (non-hydrogen) atoms. The second-order valence-electron chi connectivity index (χ2n) is 5.72. The molecule has 7 heteroatoms. The van der Waals surface area contributed by atoms with Gasteiger partial charge in [0.05, 0.1) is 33.0 Å². The number of rotatable bonds is 12. The third kappa shape index (κ3) is 8.05. The first-order chi connectivity index (χ1) is 12.8. The highest BCUT2D eigenvalue weighted by Gasteiger charge is 2.17. The number of carbonyl (C=O) groups excluding carboxylic acids is 2. The average Bonchev–Trinajstić information content (AvgIpc) is 2.70. The summed E-state index contributed by atoms with van der Waals surface area (Å²) in [5, 5.41) is 0. The van der Waals surface area contributed by atoms with Crippen LogP contribution in [0.15, 0.2) is 30.3 Å². The fourth-order valence-corrected chi connectivity index (χ4v) is 2.37. The smallest absolute Gasteiger partial charge is 0.379 e. The van der Waals surface area contributed by atoms with Crippen molar-refractivity contribution in [1.82, 2.24) is 0 Å². The molecule has 0 aromatic heterocycles. The van der Waals surface area contributed by atoms with Gasteiger partial charge in [0.2, 0.25) is 0 Å². The van der Waals surface area contributed by atoms with Gasteiger partial charge in [0.25, 0.3) is 5.78 Å². The monoisotopic (exact) mass is 366 g/mol. The zero-order valence-electron chi connectivity index (χ0n) is 14.9. The fraction of sp³-hybridized carbons (Fsp3) is 0.579. The molecular formula is C19H26O7. The van der Waals surface area contributed by atoms with Crippen LogP contribution >= 0.6 is 0 Å². The SMILES string of the molecule is O=C(OCCOCCOCCOC1CCCCO1)C(=O)c1ccccc1. The van der Waals surface area contributed by atoms with E-state index in [0.29, 0.717) is 32.0 Å². The van der Waals surface area contributed by atoms with Gasteiger partial charge in [-0.1, -0.05) is 30.3 Å². The van der Waals surface area contributed by atoms with Crippen molar-refractivity contribution in [3.05, 3.63) is 35.9 Å². The molecular weight excluding hydrogens is 340 g/mol. The van der Waals surface area contributed by atoms with Gasteiger partial charge >= 0.3 is 5.97 Å². The molecule has 0 aliphatic carbocycles. The van der Waals surface area contributed by atoms with Gasteiger partial charge in [-0.05, 0) is 19.3 Å². The summed E-state index contributed by atoms with van der Waals surface area (Å²) in [6.45, 7) is 2.77. The Bertz CT molecular complexity index is 526. The Morgan fingerprint density at radius 3 is 2.31 bits per heavy atom. The molecule has 0 spiro atoms. The summed E-state index contributed by atoms with van der Waals surface area (Å²) < 4.78 is 26.5. The molecule has 0 radical (unpaired) electrons. The lowest BCUT2D eigenvalue weighted by molar-refractivity contribution is -0.169. The lowest BCUT2D eigenvalue weighted by atomic mass is 10.1. The topological polar surface area (TPSA) is 80.3 Å². The summed E-state index contributed by atoms with van der Waals surface area (Å²) >= 11 is 0. The third-order valence-electron chi connectivity index (χ3n) is 3.72. The van der Waals surface area contributed by atoms with Crippen LogP contribution in [0.4, 0.5) is 0 Å². The maximum absolute atomic E-state index is 11.8. The minimum absolute atomic E-state index is 0.0273. The predicted octanol–water partition coefficient (Wildman–Crippen LogP) is 1.99. The Morgan fingerprint density at radius 1 is 0.923 bits per heavy atom. The molecule has 1 aliphatic rings. The van der Waals surface area contributed by atoms with E-state index in [1.165, 1.54) is 0 Å². The minimum Gasteiger partial charge on any atom is -0.457 e. The quantitative estimate of drug-likeness (QED) is 0.242. The molecule has 0 saturated carbocycles. The van der Waals surface area contributed by atoms with Crippen molar-refractivity contribution in [1.29, 1.82) is 0 Å². The van der Waals surface area contributed by atoms with E-state index in [1.807, 2.05) is 0 Å². The molecule has 1 atom stereocenters. The molecule has 1 heterocycles. The van der Waals surface area contributed by atoms with E-state index in [-0.39, 0.29) is 19.5 Å². The molecule has 1 aromatic rings. The number of esters is 1. The first-order valence-electron chi connectivity index (χ1n) is 8.92. The second-order valence-corrected chi connectivity index (χ2v) is 5.72. The van der Waals surface area contributed by atoms with E-state index in [2.05, 4.69) is 0 Å². The summed E-state index contributed by atoms with van der Waals surface area (Å²) in [7, 11) is 0. The van der Waals surface area contributed by atoms with E-state index in [1.54, 1.807) is 30.3 Å². The normalized spacial score (nSPS) is 17.0. The zero-order chi connectivity index (χ0) is 18.5. The minimum atomic E-state index is -0.877. The molecule has 0 amide bonds. The fourth-order valence-electron chi connectivity index (χ4n) is 2.37. The maximum Gasteiger partial charge on any atom is 0.379 e. The van der Waals surface area contributed by atoms with Crippen molar-refractivity contribution in [3.8, 4) is 0 Å². The van der Waals surface area contributed by atoms with Crippen LogP contribution in [-0.2, 0) is 28.5 Å². The van der Waals surface area contributed by atoms with E-state index >= 15 is 0 Å². The largest absolute Gasteiger partial charge is 0.457 e. The van der Waals surface area contributed by atoms with Crippen LogP contribution in [0.3, 0.4) is 0 Å². The number of ketones is 1. The van der Waals surface area contributed by atoms with E-state index < -0.39 is 11.8 Å². The molecule has 144 valence electrons. The summed E-state index contributed by atoms with van der Waals surface area (Å²) in [5.41, 5.74) is 0.313. The van der Waals surface area contributed by atoms with Crippen molar-refractivity contribution in [3.63, 3.8) is 0 Å². The van der Waals surface area contributed by atoms with Gasteiger partial charge in [-0.3, -0.25) is 4.79 Å². The molecule has 1 saturated heterocycles. The lowest BCUT2D eigenvalue weighted by Crippen LogP contribution is -2.24. The zero-order valence-corrected chi connectivity index (χ0v) is 14.9. The number of carbonyl (C=O) groups is 2. The molecule has 1 aromatic carbocycles. The highest BCUT2D eigenvalue weighted by Crippen LogP contribution is 2.13. The van der Waals surface area contributed by atoms with Crippen molar-refractivity contribution in [2.75, 3.05) is 46.2 Å². The van der Waals surface area contributed by atoms with E-state index in [4.69, 9.17) is 23.7 Å².